The van der Waals surface area contributed by atoms with Gasteiger partial charge < -0.3 is 4.57 Å². The lowest BCUT2D eigenvalue weighted by atomic mass is 9.82. The van der Waals surface area contributed by atoms with Gasteiger partial charge in [0.25, 0.3) is 0 Å². The van der Waals surface area contributed by atoms with Crippen molar-refractivity contribution in [3.8, 4) is 62.1 Å². The van der Waals surface area contributed by atoms with Crippen molar-refractivity contribution in [3.05, 3.63) is 205 Å². The highest BCUT2D eigenvalue weighted by Gasteiger charge is 2.35. The van der Waals surface area contributed by atoms with E-state index in [2.05, 4.69) is 213 Å². The van der Waals surface area contributed by atoms with Gasteiger partial charge >= 0.3 is 0 Å². The van der Waals surface area contributed by atoms with Gasteiger partial charge in [0.05, 0.1) is 11.0 Å². The summed E-state index contributed by atoms with van der Waals surface area (Å²) in [5.41, 5.74) is 13.9. The van der Waals surface area contributed by atoms with Gasteiger partial charge in [-0.3, -0.25) is 0 Å². The molecule has 1 aliphatic rings. The largest absolute Gasteiger partial charge is 0.308 e. The summed E-state index contributed by atoms with van der Waals surface area (Å²) in [6.45, 7) is 4.67. The van der Waals surface area contributed by atoms with Crippen LogP contribution in [0.1, 0.15) is 25.0 Å². The standard InChI is InChI=1S/C56H38N4/c1-56(2)49-22-11-10-19-44(49)47-33-39(27-29-50(47)56)40-28-30-51-48(34-40)45-20-12-21-46(52(45)60(51)43-17-4-3-5-18-43)55-58-53(41-25-23-35-13-6-8-15-37(35)31-41)57-54(59-55)42-26-24-36-14-7-9-16-38(36)32-42/h3-34H,1-2H3. The Bertz CT molecular complexity index is 3430. The second-order valence-corrected chi connectivity index (χ2v) is 16.5. The van der Waals surface area contributed by atoms with Gasteiger partial charge in [0, 0.05) is 38.6 Å². The summed E-state index contributed by atoms with van der Waals surface area (Å²) in [5, 5.41) is 6.95. The Morgan fingerprint density at radius 3 is 1.63 bits per heavy atom. The molecule has 12 rings (SSSR count). The van der Waals surface area contributed by atoms with E-state index in [0.29, 0.717) is 17.5 Å². The third-order valence-corrected chi connectivity index (χ3v) is 12.6. The van der Waals surface area contributed by atoms with Gasteiger partial charge in [-0.15, -0.1) is 0 Å². The molecule has 4 heteroatoms. The smallest absolute Gasteiger partial charge is 0.166 e. The van der Waals surface area contributed by atoms with E-state index in [1.807, 2.05) is 0 Å². The Morgan fingerprint density at radius 2 is 0.917 bits per heavy atom. The zero-order valence-corrected chi connectivity index (χ0v) is 33.3. The minimum Gasteiger partial charge on any atom is -0.308 e. The molecule has 4 nitrogen and oxygen atoms in total. The predicted molar refractivity (Wildman–Crippen MR) is 248 cm³/mol. The van der Waals surface area contributed by atoms with E-state index >= 15 is 0 Å². The van der Waals surface area contributed by atoms with Crippen LogP contribution >= 0.6 is 0 Å². The SMILES string of the molecule is CC1(C)c2ccccc2-c2cc(-c3ccc4c(c3)c3cccc(-c5nc(-c6ccc7ccccc7c6)nc(-c6ccc7ccccc7c6)n5)c3n4-c3ccccc3)ccc21. The Kier molecular flexibility index (Phi) is 7.54. The molecule has 0 aliphatic heterocycles. The van der Waals surface area contributed by atoms with Crippen LogP contribution in [-0.2, 0) is 5.41 Å². The quantitative estimate of drug-likeness (QED) is 0.175. The van der Waals surface area contributed by atoms with Crippen molar-refractivity contribution in [1.29, 1.82) is 0 Å². The second-order valence-electron chi connectivity index (χ2n) is 16.5. The number of rotatable bonds is 5. The first-order valence-corrected chi connectivity index (χ1v) is 20.6. The summed E-state index contributed by atoms with van der Waals surface area (Å²) in [7, 11) is 0. The monoisotopic (exact) mass is 766 g/mol. The second kappa shape index (κ2) is 13.2. The number of hydrogen-bond donors (Lipinski definition) is 0. The molecule has 0 amide bonds. The van der Waals surface area contributed by atoms with Gasteiger partial charge in [-0.25, -0.2) is 15.0 Å². The summed E-state index contributed by atoms with van der Waals surface area (Å²) in [6.07, 6.45) is 0. The molecule has 2 heterocycles. The zero-order valence-electron chi connectivity index (χ0n) is 33.3. The number of fused-ring (bicyclic) bond motifs is 8. The number of para-hydroxylation sites is 2. The van der Waals surface area contributed by atoms with Crippen LogP contribution in [0.25, 0.3) is 105 Å². The molecule has 1 aliphatic carbocycles. The van der Waals surface area contributed by atoms with Crippen molar-refractivity contribution in [2.75, 3.05) is 0 Å². The van der Waals surface area contributed by atoms with Crippen molar-refractivity contribution in [2.24, 2.45) is 0 Å². The van der Waals surface area contributed by atoms with E-state index in [4.69, 9.17) is 15.0 Å². The molecular weight excluding hydrogens is 729 g/mol. The topological polar surface area (TPSA) is 43.6 Å². The minimum atomic E-state index is -0.0364. The fraction of sp³-hybridized carbons (Fsp3) is 0.0536. The van der Waals surface area contributed by atoms with Gasteiger partial charge in [-0.2, -0.15) is 0 Å². The van der Waals surface area contributed by atoms with Gasteiger partial charge in [0.2, 0.25) is 0 Å². The maximum Gasteiger partial charge on any atom is 0.166 e. The van der Waals surface area contributed by atoms with Crippen LogP contribution in [0.4, 0.5) is 0 Å². The average molecular weight is 767 g/mol. The number of nitrogens with zero attached hydrogens (tertiary/aromatic N) is 4. The molecule has 0 radical (unpaired) electrons. The van der Waals surface area contributed by atoms with Gasteiger partial charge in [0.15, 0.2) is 17.5 Å². The van der Waals surface area contributed by atoms with E-state index in [1.165, 1.54) is 49.5 Å². The summed E-state index contributed by atoms with van der Waals surface area (Å²) < 4.78 is 2.38. The molecule has 0 bridgehead atoms. The molecule has 11 aromatic rings. The fourth-order valence-electron chi connectivity index (χ4n) is 9.59. The Labute approximate surface area is 348 Å². The van der Waals surface area contributed by atoms with Crippen molar-refractivity contribution >= 4 is 43.4 Å². The highest BCUT2D eigenvalue weighted by molar-refractivity contribution is 6.14. The Morgan fingerprint density at radius 1 is 0.367 bits per heavy atom. The molecule has 282 valence electrons. The van der Waals surface area contributed by atoms with Crippen molar-refractivity contribution < 1.29 is 0 Å². The van der Waals surface area contributed by atoms with Crippen LogP contribution in [0.15, 0.2) is 194 Å². The van der Waals surface area contributed by atoms with E-state index in [9.17, 15) is 0 Å². The lowest BCUT2D eigenvalue weighted by Crippen LogP contribution is -2.14. The molecule has 0 unspecified atom stereocenters. The van der Waals surface area contributed by atoms with Gasteiger partial charge in [0.1, 0.15) is 0 Å². The Balaban J connectivity index is 1.09. The molecule has 60 heavy (non-hydrogen) atoms. The molecule has 0 spiro atoms. The van der Waals surface area contributed by atoms with E-state index in [1.54, 1.807) is 0 Å². The molecular formula is C56H38N4. The zero-order chi connectivity index (χ0) is 40.0. The first-order chi connectivity index (χ1) is 29.5. The number of benzene rings is 9. The predicted octanol–water partition coefficient (Wildman–Crippen LogP) is 14.2. The number of aromatic nitrogens is 4. The van der Waals surface area contributed by atoms with Crippen molar-refractivity contribution in [3.63, 3.8) is 0 Å². The average Bonchev–Trinajstić information content (AvgIpc) is 3.76. The van der Waals surface area contributed by atoms with Gasteiger partial charge in [-0.05, 0) is 103 Å². The van der Waals surface area contributed by atoms with E-state index < -0.39 is 0 Å². The highest BCUT2D eigenvalue weighted by atomic mass is 15.0. The summed E-state index contributed by atoms with van der Waals surface area (Å²) in [5.74, 6) is 1.90. The molecule has 0 atom stereocenters. The molecule has 9 aromatic carbocycles. The lowest BCUT2D eigenvalue weighted by Gasteiger charge is -2.21. The lowest BCUT2D eigenvalue weighted by molar-refractivity contribution is 0.660. The maximum absolute atomic E-state index is 5.32. The summed E-state index contributed by atoms with van der Waals surface area (Å²) >= 11 is 0. The highest BCUT2D eigenvalue weighted by Crippen LogP contribution is 2.50. The van der Waals surface area contributed by atoms with Crippen molar-refractivity contribution in [2.45, 2.75) is 19.3 Å². The molecule has 2 aromatic heterocycles. The van der Waals surface area contributed by atoms with Crippen LogP contribution in [0.3, 0.4) is 0 Å². The molecule has 0 saturated heterocycles. The van der Waals surface area contributed by atoms with E-state index in [0.717, 1.165) is 49.6 Å². The van der Waals surface area contributed by atoms with Crippen LogP contribution in [0.5, 0.6) is 0 Å². The summed E-state index contributed by atoms with van der Waals surface area (Å²) in [4.78, 5) is 15.8. The normalized spacial score (nSPS) is 13.0. The maximum atomic E-state index is 5.32. The van der Waals surface area contributed by atoms with E-state index in [-0.39, 0.29) is 5.41 Å². The van der Waals surface area contributed by atoms with Crippen molar-refractivity contribution in [1.82, 2.24) is 19.5 Å². The fourth-order valence-corrected chi connectivity index (χ4v) is 9.59. The molecule has 0 N–H and O–H groups in total. The molecule has 0 fully saturated rings. The third kappa shape index (κ3) is 5.34. The molecule has 0 saturated carbocycles. The minimum absolute atomic E-state index is 0.0364. The van der Waals surface area contributed by atoms with Crippen LogP contribution in [0, 0.1) is 0 Å². The van der Waals surface area contributed by atoms with Crippen LogP contribution in [-0.4, -0.2) is 19.5 Å². The third-order valence-electron chi connectivity index (χ3n) is 12.6. The van der Waals surface area contributed by atoms with Crippen LogP contribution in [0.2, 0.25) is 0 Å². The van der Waals surface area contributed by atoms with Crippen LogP contribution < -0.4 is 0 Å². The first kappa shape index (κ1) is 34.4. The first-order valence-electron chi connectivity index (χ1n) is 20.6. The number of hydrogen-bond acceptors (Lipinski definition) is 3. The Hall–Kier alpha value is -7.69. The summed E-state index contributed by atoms with van der Waals surface area (Å²) in [6, 6.07) is 69.7. The van der Waals surface area contributed by atoms with Gasteiger partial charge in [-0.1, -0.05) is 159 Å².